The summed E-state index contributed by atoms with van der Waals surface area (Å²) >= 11 is 0. The second-order valence-electron chi connectivity index (χ2n) is 7.33. The van der Waals surface area contributed by atoms with Crippen molar-refractivity contribution < 1.29 is 0 Å². The Kier molecular flexibility index (Phi) is 3.72. The van der Waals surface area contributed by atoms with Crippen LogP contribution in [0.3, 0.4) is 0 Å². The van der Waals surface area contributed by atoms with Crippen LogP contribution >= 0.6 is 0 Å². The van der Waals surface area contributed by atoms with Crippen molar-refractivity contribution in [1.29, 1.82) is 0 Å². The van der Waals surface area contributed by atoms with E-state index in [4.69, 9.17) is 4.98 Å². The molecule has 3 nitrogen and oxygen atoms in total. The van der Waals surface area contributed by atoms with Crippen LogP contribution in [0, 0.1) is 12.3 Å². The quantitative estimate of drug-likeness (QED) is 0.912. The summed E-state index contributed by atoms with van der Waals surface area (Å²) in [6.07, 6.45) is 7.34. The lowest BCUT2D eigenvalue weighted by Gasteiger charge is -2.39. The van der Waals surface area contributed by atoms with E-state index < -0.39 is 0 Å². The molecule has 1 aromatic heterocycles. The highest BCUT2D eigenvalue weighted by Crippen LogP contribution is 2.32. The van der Waals surface area contributed by atoms with E-state index in [1.807, 2.05) is 0 Å². The van der Waals surface area contributed by atoms with Crippen molar-refractivity contribution in [2.75, 3.05) is 18.0 Å². The van der Waals surface area contributed by atoms with Crippen molar-refractivity contribution in [3.63, 3.8) is 0 Å². The van der Waals surface area contributed by atoms with E-state index in [1.165, 1.54) is 42.6 Å². The van der Waals surface area contributed by atoms with E-state index in [-0.39, 0.29) is 0 Å². The molecule has 1 N–H and O–H groups in total. The van der Waals surface area contributed by atoms with Crippen molar-refractivity contribution in [3.8, 4) is 0 Å². The van der Waals surface area contributed by atoms with Gasteiger partial charge in [0.1, 0.15) is 5.82 Å². The minimum atomic E-state index is 0.415. The third kappa shape index (κ3) is 3.32. The van der Waals surface area contributed by atoms with E-state index in [2.05, 4.69) is 43.3 Å². The van der Waals surface area contributed by atoms with Gasteiger partial charge in [-0.3, -0.25) is 0 Å². The van der Waals surface area contributed by atoms with E-state index in [9.17, 15) is 0 Å². The van der Waals surface area contributed by atoms with Gasteiger partial charge in [-0.1, -0.05) is 13.8 Å². The normalized spacial score (nSPS) is 22.1. The molecule has 1 saturated heterocycles. The number of nitrogens with one attached hydrogen (secondary N) is 1. The standard InChI is InChI=1S/C17H27N3/c1-13-9-14(10-18-15-5-6-15)11-19-16(13)20-8-4-7-17(2,3)12-20/h9,11,15,18H,4-8,10,12H2,1-3H3. The van der Waals surface area contributed by atoms with Gasteiger partial charge in [-0.2, -0.15) is 0 Å². The lowest BCUT2D eigenvalue weighted by atomic mass is 9.84. The lowest BCUT2D eigenvalue weighted by Crippen LogP contribution is -2.40. The smallest absolute Gasteiger partial charge is 0.131 e. The molecular weight excluding hydrogens is 246 g/mol. The highest BCUT2D eigenvalue weighted by Gasteiger charge is 2.27. The molecule has 0 aromatic carbocycles. The van der Waals surface area contributed by atoms with Gasteiger partial charge in [0.25, 0.3) is 0 Å². The van der Waals surface area contributed by atoms with Crippen LogP contribution in [-0.2, 0) is 6.54 Å². The van der Waals surface area contributed by atoms with Crippen LogP contribution in [0.5, 0.6) is 0 Å². The van der Waals surface area contributed by atoms with Crippen LogP contribution < -0.4 is 10.2 Å². The number of piperidine rings is 1. The lowest BCUT2D eigenvalue weighted by molar-refractivity contribution is 0.292. The first-order chi connectivity index (χ1) is 9.53. The topological polar surface area (TPSA) is 28.2 Å². The zero-order valence-electron chi connectivity index (χ0n) is 13.1. The predicted molar refractivity (Wildman–Crippen MR) is 84.1 cm³/mol. The maximum Gasteiger partial charge on any atom is 0.131 e. The molecule has 0 spiro atoms. The van der Waals surface area contributed by atoms with E-state index in [0.717, 1.165) is 25.7 Å². The molecule has 2 aliphatic rings. The molecule has 0 amide bonds. The van der Waals surface area contributed by atoms with Gasteiger partial charge >= 0.3 is 0 Å². The Morgan fingerprint density at radius 2 is 2.20 bits per heavy atom. The molecule has 1 saturated carbocycles. The summed E-state index contributed by atoms with van der Waals surface area (Å²) in [5, 5.41) is 3.56. The maximum absolute atomic E-state index is 4.75. The van der Waals surface area contributed by atoms with Crippen molar-refractivity contribution >= 4 is 5.82 Å². The van der Waals surface area contributed by atoms with Gasteiger partial charge < -0.3 is 10.2 Å². The summed E-state index contributed by atoms with van der Waals surface area (Å²) < 4.78 is 0. The van der Waals surface area contributed by atoms with Crippen LogP contribution in [0.4, 0.5) is 5.82 Å². The SMILES string of the molecule is Cc1cc(CNC2CC2)cnc1N1CCCC(C)(C)C1. The first-order valence-corrected chi connectivity index (χ1v) is 7.97. The highest BCUT2D eigenvalue weighted by atomic mass is 15.2. The van der Waals surface area contributed by atoms with Crippen molar-refractivity contribution in [1.82, 2.24) is 10.3 Å². The Morgan fingerprint density at radius 1 is 1.40 bits per heavy atom. The van der Waals surface area contributed by atoms with Crippen LogP contribution in [0.25, 0.3) is 0 Å². The van der Waals surface area contributed by atoms with Gasteiger partial charge in [0.15, 0.2) is 0 Å². The average molecular weight is 273 g/mol. The largest absolute Gasteiger partial charge is 0.356 e. The molecule has 2 heterocycles. The Bertz CT molecular complexity index is 477. The van der Waals surface area contributed by atoms with Crippen LogP contribution in [0.15, 0.2) is 12.3 Å². The minimum absolute atomic E-state index is 0.415. The summed E-state index contributed by atoms with van der Waals surface area (Å²) in [6.45, 7) is 10.2. The Morgan fingerprint density at radius 3 is 2.85 bits per heavy atom. The van der Waals surface area contributed by atoms with Crippen molar-refractivity contribution in [2.24, 2.45) is 5.41 Å². The molecular formula is C17H27N3. The Balaban J connectivity index is 1.69. The molecule has 3 heteroatoms. The summed E-state index contributed by atoms with van der Waals surface area (Å²) in [4.78, 5) is 7.22. The second kappa shape index (κ2) is 5.36. The summed E-state index contributed by atoms with van der Waals surface area (Å²) in [7, 11) is 0. The van der Waals surface area contributed by atoms with E-state index in [1.54, 1.807) is 0 Å². The predicted octanol–water partition coefficient (Wildman–Crippen LogP) is 3.27. The zero-order valence-corrected chi connectivity index (χ0v) is 13.1. The van der Waals surface area contributed by atoms with E-state index >= 15 is 0 Å². The fourth-order valence-corrected chi connectivity index (χ4v) is 3.21. The Hall–Kier alpha value is -1.09. The molecule has 110 valence electrons. The third-order valence-electron chi connectivity index (χ3n) is 4.48. The summed E-state index contributed by atoms with van der Waals surface area (Å²) in [5.41, 5.74) is 3.05. The molecule has 0 atom stereocenters. The van der Waals surface area contributed by atoms with Gasteiger partial charge in [-0.15, -0.1) is 0 Å². The first-order valence-electron chi connectivity index (χ1n) is 7.97. The monoisotopic (exact) mass is 273 g/mol. The zero-order chi connectivity index (χ0) is 14.2. The van der Waals surface area contributed by atoms with Gasteiger partial charge in [0, 0.05) is 31.9 Å². The van der Waals surface area contributed by atoms with Gasteiger partial charge in [0.05, 0.1) is 0 Å². The molecule has 20 heavy (non-hydrogen) atoms. The molecule has 1 aliphatic heterocycles. The number of hydrogen-bond donors (Lipinski definition) is 1. The molecule has 3 rings (SSSR count). The van der Waals surface area contributed by atoms with Gasteiger partial charge in [-0.25, -0.2) is 4.98 Å². The van der Waals surface area contributed by atoms with Crippen LogP contribution in [0.1, 0.15) is 50.7 Å². The number of hydrogen-bond acceptors (Lipinski definition) is 3. The number of anilines is 1. The van der Waals surface area contributed by atoms with Gasteiger partial charge in [-0.05, 0) is 55.2 Å². The minimum Gasteiger partial charge on any atom is -0.356 e. The first kappa shape index (κ1) is 13.9. The second-order valence-corrected chi connectivity index (χ2v) is 7.33. The molecule has 0 radical (unpaired) electrons. The van der Waals surface area contributed by atoms with Crippen LogP contribution in [0.2, 0.25) is 0 Å². The number of aromatic nitrogens is 1. The fourth-order valence-electron chi connectivity index (χ4n) is 3.21. The number of aryl methyl sites for hydroxylation is 1. The molecule has 1 aliphatic carbocycles. The maximum atomic E-state index is 4.75. The average Bonchev–Trinajstić information content (AvgIpc) is 3.19. The summed E-state index contributed by atoms with van der Waals surface area (Å²) in [6, 6.07) is 3.07. The summed E-state index contributed by atoms with van der Waals surface area (Å²) in [5.74, 6) is 1.19. The van der Waals surface area contributed by atoms with Gasteiger partial charge in [0.2, 0.25) is 0 Å². The van der Waals surface area contributed by atoms with E-state index in [0.29, 0.717) is 5.41 Å². The fraction of sp³-hybridized carbons (Fsp3) is 0.706. The number of rotatable bonds is 4. The number of nitrogens with zero attached hydrogens (tertiary/aromatic N) is 2. The molecule has 1 aromatic rings. The molecule has 0 bridgehead atoms. The highest BCUT2D eigenvalue weighted by molar-refractivity contribution is 5.48. The molecule has 2 fully saturated rings. The van der Waals surface area contributed by atoms with Crippen molar-refractivity contribution in [3.05, 3.63) is 23.4 Å². The third-order valence-corrected chi connectivity index (χ3v) is 4.48. The number of pyridine rings is 1. The van der Waals surface area contributed by atoms with Crippen LogP contribution in [-0.4, -0.2) is 24.1 Å². The van der Waals surface area contributed by atoms with Crippen molar-refractivity contribution in [2.45, 2.75) is 59.0 Å². The Labute approximate surface area is 122 Å². The molecule has 0 unspecified atom stereocenters.